The van der Waals surface area contributed by atoms with Crippen molar-refractivity contribution in [3.05, 3.63) is 76.7 Å². The predicted molar refractivity (Wildman–Crippen MR) is 108 cm³/mol. The lowest BCUT2D eigenvalue weighted by Crippen LogP contribution is -2.47. The maximum absolute atomic E-state index is 13.8. The molecule has 0 bridgehead atoms. The molecule has 2 aromatic rings. The molecule has 7 nitrogen and oxygen atoms in total. The molecule has 158 valence electrons. The van der Waals surface area contributed by atoms with Crippen molar-refractivity contribution >= 4 is 21.8 Å². The van der Waals surface area contributed by atoms with Gasteiger partial charge in [-0.3, -0.25) is 0 Å². The summed E-state index contributed by atoms with van der Waals surface area (Å²) >= 11 is 0. The Labute approximate surface area is 173 Å². The molecule has 1 atom stereocenters. The topological polar surface area (TPSA) is 102 Å². The van der Waals surface area contributed by atoms with E-state index in [9.17, 15) is 22.4 Å². The molecule has 0 radical (unpaired) electrons. The fraction of sp³-hybridized carbons (Fsp3) is 0.238. The highest BCUT2D eigenvalue weighted by Gasteiger charge is 2.35. The second-order valence-electron chi connectivity index (χ2n) is 6.77. The van der Waals surface area contributed by atoms with Crippen LogP contribution in [-0.4, -0.2) is 32.8 Å². The number of urea groups is 1. The Morgan fingerprint density at radius 2 is 1.87 bits per heavy atom. The minimum Gasteiger partial charge on any atom is -0.463 e. The number of ether oxygens (including phenoxy) is 1. The Balaban J connectivity index is 2.10. The zero-order chi connectivity index (χ0) is 21.9. The van der Waals surface area contributed by atoms with Crippen LogP contribution >= 0.6 is 0 Å². The summed E-state index contributed by atoms with van der Waals surface area (Å²) in [4.78, 5) is 25.0. The average molecular weight is 432 g/mol. The molecule has 0 aliphatic carbocycles. The molecule has 1 aliphatic heterocycles. The van der Waals surface area contributed by atoms with Gasteiger partial charge < -0.3 is 15.4 Å². The van der Waals surface area contributed by atoms with E-state index < -0.39 is 39.4 Å². The van der Waals surface area contributed by atoms with E-state index in [0.29, 0.717) is 0 Å². The number of sulfone groups is 1. The number of nitrogens with one attached hydrogen (secondary N) is 2. The van der Waals surface area contributed by atoms with E-state index in [4.69, 9.17) is 4.74 Å². The molecule has 3 rings (SSSR count). The molecule has 2 N–H and O–H groups in total. The minimum atomic E-state index is -3.88. The van der Waals surface area contributed by atoms with E-state index in [0.717, 1.165) is 5.56 Å². The van der Waals surface area contributed by atoms with Gasteiger partial charge in [-0.2, -0.15) is 0 Å². The highest BCUT2D eigenvalue weighted by molar-refractivity contribution is 7.91. The predicted octanol–water partition coefficient (Wildman–Crippen LogP) is 2.78. The van der Waals surface area contributed by atoms with Crippen molar-refractivity contribution in [2.45, 2.75) is 24.8 Å². The van der Waals surface area contributed by atoms with Gasteiger partial charge in [0.1, 0.15) is 5.82 Å². The molecule has 0 unspecified atom stereocenters. The van der Waals surface area contributed by atoms with Gasteiger partial charge in [-0.25, -0.2) is 22.4 Å². The Bertz CT molecular complexity index is 1110. The molecule has 1 aliphatic rings. The van der Waals surface area contributed by atoms with Crippen molar-refractivity contribution in [1.29, 1.82) is 0 Å². The van der Waals surface area contributed by atoms with Gasteiger partial charge in [-0.1, -0.05) is 29.8 Å². The highest BCUT2D eigenvalue weighted by Crippen LogP contribution is 2.29. The number of carbonyl (C=O) groups excluding carboxylic acids is 2. The van der Waals surface area contributed by atoms with Crippen molar-refractivity contribution in [1.82, 2.24) is 10.6 Å². The van der Waals surface area contributed by atoms with Gasteiger partial charge in [-0.15, -0.1) is 0 Å². The van der Waals surface area contributed by atoms with Gasteiger partial charge in [0.05, 0.1) is 28.9 Å². The smallest absolute Gasteiger partial charge is 0.338 e. The molecular formula is C21H21FN2O5S. The van der Waals surface area contributed by atoms with E-state index >= 15 is 0 Å². The van der Waals surface area contributed by atoms with Gasteiger partial charge in [-0.05, 0) is 43.7 Å². The summed E-state index contributed by atoms with van der Waals surface area (Å²) in [6.45, 7) is 3.48. The summed E-state index contributed by atoms with van der Waals surface area (Å²) in [6, 6.07) is 9.83. The Morgan fingerprint density at radius 1 is 1.17 bits per heavy atom. The van der Waals surface area contributed by atoms with Crippen molar-refractivity contribution in [2.24, 2.45) is 0 Å². The van der Waals surface area contributed by atoms with Crippen LogP contribution in [0.4, 0.5) is 9.18 Å². The minimum absolute atomic E-state index is 0.0458. The zero-order valence-corrected chi connectivity index (χ0v) is 17.3. The number of esters is 1. The van der Waals surface area contributed by atoms with Crippen LogP contribution in [0.15, 0.2) is 64.7 Å². The number of aryl methyl sites for hydroxylation is 1. The van der Waals surface area contributed by atoms with Gasteiger partial charge in [0.2, 0.25) is 0 Å². The van der Waals surface area contributed by atoms with Crippen LogP contribution in [0.5, 0.6) is 0 Å². The second kappa shape index (κ2) is 8.66. The maximum atomic E-state index is 13.8. The lowest BCUT2D eigenvalue weighted by molar-refractivity contribution is -0.139. The van der Waals surface area contributed by atoms with Crippen LogP contribution in [0.25, 0.3) is 0 Å². The Morgan fingerprint density at radius 3 is 2.50 bits per heavy atom. The number of halogens is 1. The molecule has 30 heavy (non-hydrogen) atoms. The van der Waals surface area contributed by atoms with Crippen LogP contribution in [0.1, 0.15) is 24.1 Å². The van der Waals surface area contributed by atoms with Gasteiger partial charge in [0.15, 0.2) is 9.84 Å². The lowest BCUT2D eigenvalue weighted by atomic mass is 9.95. The first kappa shape index (κ1) is 21.5. The quantitative estimate of drug-likeness (QED) is 0.684. The molecule has 2 amide bonds. The first-order valence-corrected chi connectivity index (χ1v) is 10.9. The fourth-order valence-electron chi connectivity index (χ4n) is 3.14. The van der Waals surface area contributed by atoms with Crippen molar-refractivity contribution in [3.8, 4) is 0 Å². The van der Waals surface area contributed by atoms with Gasteiger partial charge in [0, 0.05) is 5.70 Å². The normalized spacial score (nSPS) is 16.6. The van der Waals surface area contributed by atoms with E-state index in [1.54, 1.807) is 19.1 Å². The van der Waals surface area contributed by atoms with Crippen molar-refractivity contribution in [3.63, 3.8) is 0 Å². The number of hydrogen-bond donors (Lipinski definition) is 2. The van der Waals surface area contributed by atoms with E-state index in [2.05, 4.69) is 10.6 Å². The summed E-state index contributed by atoms with van der Waals surface area (Å²) in [7, 11) is -3.88. The van der Waals surface area contributed by atoms with E-state index in [1.807, 2.05) is 6.92 Å². The molecular weight excluding hydrogens is 411 g/mol. The van der Waals surface area contributed by atoms with Crippen LogP contribution < -0.4 is 10.6 Å². The highest BCUT2D eigenvalue weighted by atomic mass is 32.2. The molecule has 0 spiro atoms. The standard InChI is InChI=1S/C21H21FN2O5S/c1-3-29-20(25)18-17(12-30(27,28)16-9-7-13(2)8-10-16)23-21(26)24-19(18)14-5-4-6-15(22)11-14/h4-11,19H,3,12H2,1-2H3,(H2,23,24,26)/t19-/m0/s1. The summed E-state index contributed by atoms with van der Waals surface area (Å²) < 4.78 is 44.7. The molecule has 0 fully saturated rings. The molecule has 1 heterocycles. The Hall–Kier alpha value is -3.20. The summed E-state index contributed by atoms with van der Waals surface area (Å²) in [5, 5.41) is 4.96. The van der Waals surface area contributed by atoms with Gasteiger partial charge in [0.25, 0.3) is 0 Å². The molecule has 0 aromatic heterocycles. The fourth-order valence-corrected chi connectivity index (χ4v) is 4.46. The van der Waals surface area contributed by atoms with E-state index in [-0.39, 0.29) is 28.3 Å². The third-order valence-corrected chi connectivity index (χ3v) is 6.20. The second-order valence-corrected chi connectivity index (χ2v) is 8.76. The summed E-state index contributed by atoms with van der Waals surface area (Å²) in [5.74, 6) is -1.98. The summed E-state index contributed by atoms with van der Waals surface area (Å²) in [5.41, 5.74) is 0.990. The first-order valence-electron chi connectivity index (χ1n) is 9.24. The SMILES string of the molecule is CCOC(=O)C1=C(CS(=O)(=O)c2ccc(C)cc2)NC(=O)N[C@H]1c1cccc(F)c1. The van der Waals surface area contributed by atoms with Crippen LogP contribution in [-0.2, 0) is 19.4 Å². The number of rotatable bonds is 6. The first-order chi connectivity index (χ1) is 14.2. The average Bonchev–Trinajstić information content (AvgIpc) is 2.67. The maximum Gasteiger partial charge on any atom is 0.338 e. The number of hydrogen-bond acceptors (Lipinski definition) is 5. The number of benzene rings is 2. The molecule has 0 saturated carbocycles. The Kier molecular flexibility index (Phi) is 6.21. The van der Waals surface area contributed by atoms with Crippen LogP contribution in [0.3, 0.4) is 0 Å². The molecule has 0 saturated heterocycles. The largest absolute Gasteiger partial charge is 0.463 e. The third-order valence-electron chi connectivity index (χ3n) is 4.55. The van der Waals surface area contributed by atoms with Crippen LogP contribution in [0, 0.1) is 12.7 Å². The van der Waals surface area contributed by atoms with Crippen molar-refractivity contribution < 1.29 is 27.1 Å². The number of carbonyl (C=O) groups is 2. The van der Waals surface area contributed by atoms with Crippen LogP contribution in [0.2, 0.25) is 0 Å². The third kappa shape index (κ3) is 4.68. The zero-order valence-electron chi connectivity index (χ0n) is 16.4. The van der Waals surface area contributed by atoms with Gasteiger partial charge >= 0.3 is 12.0 Å². The molecule has 9 heteroatoms. The molecule has 2 aromatic carbocycles. The number of amides is 2. The summed E-state index contributed by atoms with van der Waals surface area (Å²) in [6.07, 6.45) is 0. The van der Waals surface area contributed by atoms with Crippen molar-refractivity contribution in [2.75, 3.05) is 12.4 Å². The van der Waals surface area contributed by atoms with E-state index in [1.165, 1.54) is 36.4 Å². The monoisotopic (exact) mass is 432 g/mol. The lowest BCUT2D eigenvalue weighted by Gasteiger charge is -2.29.